The van der Waals surface area contributed by atoms with E-state index in [2.05, 4.69) is 25.0 Å². The Hall–Kier alpha value is -4.28. The highest BCUT2D eigenvalue weighted by Gasteiger charge is 2.28. The summed E-state index contributed by atoms with van der Waals surface area (Å²) in [7, 11) is 0. The van der Waals surface area contributed by atoms with Crippen molar-refractivity contribution in [1.82, 2.24) is 30.0 Å². The molecule has 1 fully saturated rings. The maximum atomic E-state index is 14.6. The number of nitrogens with one attached hydrogen (secondary N) is 1. The van der Waals surface area contributed by atoms with Crippen molar-refractivity contribution in [3.63, 3.8) is 0 Å². The second-order valence-electron chi connectivity index (χ2n) is 7.97. The van der Waals surface area contributed by atoms with Gasteiger partial charge in [0.2, 0.25) is 0 Å². The van der Waals surface area contributed by atoms with Gasteiger partial charge in [0, 0.05) is 31.5 Å². The number of carbonyl (C=O) groups is 1. The van der Waals surface area contributed by atoms with Crippen molar-refractivity contribution in [3.8, 4) is 22.8 Å². The number of amides is 1. The molecule has 2 aromatic heterocycles. The minimum atomic E-state index is -0.713. The lowest BCUT2D eigenvalue weighted by Crippen LogP contribution is -2.42. The van der Waals surface area contributed by atoms with Crippen molar-refractivity contribution in [1.29, 1.82) is 0 Å². The molecule has 5 rings (SSSR count). The summed E-state index contributed by atoms with van der Waals surface area (Å²) < 4.78 is 26.5. The number of H-pyrrole nitrogens is 1. The first kappa shape index (κ1) is 21.6. The van der Waals surface area contributed by atoms with Crippen LogP contribution in [0.3, 0.4) is 0 Å². The van der Waals surface area contributed by atoms with E-state index in [0.29, 0.717) is 42.9 Å². The topological polar surface area (TPSA) is 119 Å². The Balaban J connectivity index is 1.21. The van der Waals surface area contributed by atoms with Crippen LogP contribution in [0.5, 0.6) is 5.75 Å². The number of para-hydroxylation sites is 1. The Kier molecular flexibility index (Phi) is 5.66. The van der Waals surface area contributed by atoms with E-state index in [9.17, 15) is 14.0 Å². The number of aromatic amines is 1. The Morgan fingerprint density at radius 3 is 2.62 bits per heavy atom. The molecule has 10 nitrogen and oxygen atoms in total. The number of rotatable bonds is 5. The largest absolute Gasteiger partial charge is 0.487 e. The molecule has 1 saturated heterocycles. The lowest BCUT2D eigenvalue weighted by Gasteiger charge is -2.32. The SMILES string of the molecule is Cc1c(C(=O)N2CCC(Oc3ccc(-c4noc(=O)[nH]4)cc3F)CC2)nnn1-c1ccccc1. The summed E-state index contributed by atoms with van der Waals surface area (Å²) in [6.07, 6.45) is 0.863. The Morgan fingerprint density at radius 1 is 1.18 bits per heavy atom. The van der Waals surface area contributed by atoms with Gasteiger partial charge in [-0.3, -0.25) is 14.3 Å². The van der Waals surface area contributed by atoms with E-state index in [1.54, 1.807) is 15.6 Å². The van der Waals surface area contributed by atoms with Gasteiger partial charge in [0.1, 0.15) is 6.10 Å². The zero-order valence-electron chi connectivity index (χ0n) is 18.3. The van der Waals surface area contributed by atoms with Crippen molar-refractivity contribution in [3.05, 3.63) is 76.3 Å². The predicted octanol–water partition coefficient (Wildman–Crippen LogP) is 2.74. The Bertz CT molecular complexity index is 1370. The number of carbonyl (C=O) groups excluding carboxylic acids is 1. The quantitative estimate of drug-likeness (QED) is 0.482. The fraction of sp³-hybridized carbons (Fsp3) is 0.261. The van der Waals surface area contributed by atoms with E-state index in [1.807, 2.05) is 37.3 Å². The lowest BCUT2D eigenvalue weighted by molar-refractivity contribution is 0.0582. The van der Waals surface area contributed by atoms with Crippen LogP contribution in [0, 0.1) is 12.7 Å². The molecule has 1 aliphatic heterocycles. The molecule has 174 valence electrons. The molecule has 34 heavy (non-hydrogen) atoms. The summed E-state index contributed by atoms with van der Waals surface area (Å²) >= 11 is 0. The summed E-state index contributed by atoms with van der Waals surface area (Å²) in [5.41, 5.74) is 2.19. The average Bonchev–Trinajstić information content (AvgIpc) is 3.46. The molecule has 0 saturated carbocycles. The van der Waals surface area contributed by atoms with Crippen molar-refractivity contribution >= 4 is 5.91 Å². The van der Waals surface area contributed by atoms with E-state index in [4.69, 9.17) is 4.74 Å². The van der Waals surface area contributed by atoms with E-state index in [1.165, 1.54) is 12.1 Å². The van der Waals surface area contributed by atoms with Gasteiger partial charge >= 0.3 is 5.76 Å². The minimum Gasteiger partial charge on any atom is -0.487 e. The van der Waals surface area contributed by atoms with Crippen molar-refractivity contribution in [2.45, 2.75) is 25.9 Å². The van der Waals surface area contributed by atoms with Gasteiger partial charge in [0.05, 0.1) is 11.4 Å². The number of likely N-dealkylation sites (tertiary alicyclic amines) is 1. The molecule has 0 atom stereocenters. The first-order valence-corrected chi connectivity index (χ1v) is 10.8. The number of benzene rings is 2. The third-order valence-corrected chi connectivity index (χ3v) is 5.77. The number of hydrogen-bond acceptors (Lipinski definition) is 7. The minimum absolute atomic E-state index is 0.0982. The summed E-state index contributed by atoms with van der Waals surface area (Å²) in [6.45, 7) is 2.74. The molecular formula is C23H21FN6O4. The van der Waals surface area contributed by atoms with Crippen molar-refractivity contribution in [2.75, 3.05) is 13.1 Å². The number of piperidine rings is 1. The van der Waals surface area contributed by atoms with E-state index in [-0.39, 0.29) is 23.6 Å². The molecule has 4 aromatic rings. The van der Waals surface area contributed by atoms with E-state index in [0.717, 1.165) is 5.69 Å². The second-order valence-corrected chi connectivity index (χ2v) is 7.97. The molecule has 0 unspecified atom stereocenters. The molecule has 0 radical (unpaired) electrons. The first-order valence-electron chi connectivity index (χ1n) is 10.8. The lowest BCUT2D eigenvalue weighted by atomic mass is 10.1. The van der Waals surface area contributed by atoms with Crippen LogP contribution in [0.15, 0.2) is 57.8 Å². The molecule has 11 heteroatoms. The maximum Gasteiger partial charge on any atom is 0.439 e. The monoisotopic (exact) mass is 464 g/mol. The fourth-order valence-corrected chi connectivity index (χ4v) is 3.95. The summed E-state index contributed by atoms with van der Waals surface area (Å²) in [6, 6.07) is 13.8. The van der Waals surface area contributed by atoms with Gasteiger partial charge in [-0.15, -0.1) is 5.10 Å². The summed E-state index contributed by atoms with van der Waals surface area (Å²) in [5.74, 6) is -1.24. The van der Waals surface area contributed by atoms with Crippen molar-refractivity contribution in [2.24, 2.45) is 0 Å². The van der Waals surface area contributed by atoms with E-state index < -0.39 is 11.6 Å². The van der Waals surface area contributed by atoms with Crippen LogP contribution in [-0.2, 0) is 0 Å². The molecule has 0 bridgehead atoms. The normalized spacial score (nSPS) is 14.4. The summed E-state index contributed by atoms with van der Waals surface area (Å²) in [5, 5.41) is 11.8. The van der Waals surface area contributed by atoms with Crippen LogP contribution in [0.2, 0.25) is 0 Å². The van der Waals surface area contributed by atoms with Crippen LogP contribution < -0.4 is 10.5 Å². The predicted molar refractivity (Wildman–Crippen MR) is 118 cm³/mol. The highest BCUT2D eigenvalue weighted by atomic mass is 19.1. The number of halogens is 1. The molecule has 1 N–H and O–H groups in total. The van der Waals surface area contributed by atoms with E-state index >= 15 is 0 Å². The summed E-state index contributed by atoms with van der Waals surface area (Å²) in [4.78, 5) is 28.2. The number of nitrogens with zero attached hydrogens (tertiary/aromatic N) is 5. The highest BCUT2D eigenvalue weighted by molar-refractivity contribution is 5.93. The number of aromatic nitrogens is 5. The molecule has 0 spiro atoms. The fourth-order valence-electron chi connectivity index (χ4n) is 3.95. The smallest absolute Gasteiger partial charge is 0.439 e. The molecular weight excluding hydrogens is 443 g/mol. The number of hydrogen-bond donors (Lipinski definition) is 1. The molecule has 1 aliphatic rings. The highest BCUT2D eigenvalue weighted by Crippen LogP contribution is 2.26. The average molecular weight is 464 g/mol. The van der Waals surface area contributed by atoms with Gasteiger partial charge in [0.25, 0.3) is 5.91 Å². The molecule has 0 aliphatic carbocycles. The number of ether oxygens (including phenoxy) is 1. The van der Waals surface area contributed by atoms with Gasteiger partial charge in [0.15, 0.2) is 23.1 Å². The first-order chi connectivity index (χ1) is 16.5. The van der Waals surface area contributed by atoms with Gasteiger partial charge in [-0.05, 0) is 37.3 Å². The van der Waals surface area contributed by atoms with Gasteiger partial charge in [-0.25, -0.2) is 13.9 Å². The van der Waals surface area contributed by atoms with Crippen LogP contribution in [0.4, 0.5) is 4.39 Å². The zero-order valence-corrected chi connectivity index (χ0v) is 18.3. The maximum absolute atomic E-state index is 14.6. The Labute approximate surface area is 192 Å². The second kappa shape index (κ2) is 8.93. The third kappa shape index (κ3) is 4.19. The molecule has 2 aromatic carbocycles. The van der Waals surface area contributed by atoms with Gasteiger partial charge in [-0.1, -0.05) is 28.6 Å². The van der Waals surface area contributed by atoms with Gasteiger partial charge in [-0.2, -0.15) is 0 Å². The van der Waals surface area contributed by atoms with Crippen LogP contribution in [0.1, 0.15) is 29.0 Å². The molecule has 1 amide bonds. The Morgan fingerprint density at radius 2 is 1.94 bits per heavy atom. The van der Waals surface area contributed by atoms with Gasteiger partial charge < -0.3 is 9.64 Å². The van der Waals surface area contributed by atoms with Crippen LogP contribution in [0.25, 0.3) is 17.1 Å². The van der Waals surface area contributed by atoms with Crippen LogP contribution in [-0.4, -0.2) is 55.1 Å². The van der Waals surface area contributed by atoms with Crippen molar-refractivity contribution < 1.29 is 18.4 Å². The standard InChI is InChI=1S/C23H21FN6O4/c1-14-20(26-28-30(14)16-5-3-2-4-6-16)22(31)29-11-9-17(10-12-29)33-19-8-7-15(13-18(19)24)21-25-23(32)34-27-21/h2-8,13,17H,9-12H2,1H3,(H,25,27,32). The van der Waals surface area contributed by atoms with Crippen LogP contribution >= 0.6 is 0 Å². The third-order valence-electron chi connectivity index (χ3n) is 5.77. The molecule has 3 heterocycles. The zero-order chi connectivity index (χ0) is 23.7.